The summed E-state index contributed by atoms with van der Waals surface area (Å²) in [7, 11) is 0. The maximum atomic E-state index is 14.8. The Bertz CT molecular complexity index is 891. The van der Waals surface area contributed by atoms with E-state index in [-0.39, 0.29) is 13.2 Å². The van der Waals surface area contributed by atoms with Gasteiger partial charge in [-0.3, -0.25) is 0 Å². The number of ether oxygens (including phenoxy) is 4. The van der Waals surface area contributed by atoms with Crippen molar-refractivity contribution in [3.63, 3.8) is 0 Å². The average Bonchev–Trinajstić information content (AvgIpc) is 3.12. The zero-order chi connectivity index (χ0) is 21.3. The molecule has 1 heterocycles. The van der Waals surface area contributed by atoms with Crippen LogP contribution >= 0.6 is 0 Å². The van der Waals surface area contributed by atoms with Crippen LogP contribution in [0.3, 0.4) is 0 Å². The summed E-state index contributed by atoms with van der Waals surface area (Å²) in [6.45, 7) is 1.29. The maximum absolute atomic E-state index is 14.8. The van der Waals surface area contributed by atoms with Crippen LogP contribution in [0, 0.1) is 0 Å². The van der Waals surface area contributed by atoms with Crippen molar-refractivity contribution in [1.82, 2.24) is 0 Å². The number of hydrogen-bond acceptors (Lipinski definition) is 4. The molecule has 31 heavy (non-hydrogen) atoms. The summed E-state index contributed by atoms with van der Waals surface area (Å²) in [5.41, 5.74) is 3.03. The van der Waals surface area contributed by atoms with Crippen LogP contribution in [0.5, 0.6) is 0 Å². The normalized spacial score (nSPS) is 23.1. The number of hydrogen-bond donors (Lipinski definition) is 0. The SMILES string of the molecule is F[C@@H]1O[C@H](COCc2ccccc2)[C@@H](OCc2ccccc2)[C@@H]1OCc1ccccc1. The van der Waals surface area contributed by atoms with Gasteiger partial charge in [0.25, 0.3) is 0 Å². The van der Waals surface area contributed by atoms with Crippen molar-refractivity contribution in [1.29, 1.82) is 0 Å². The largest absolute Gasteiger partial charge is 0.374 e. The fourth-order valence-electron chi connectivity index (χ4n) is 3.59. The Morgan fingerprint density at radius 1 is 0.613 bits per heavy atom. The minimum absolute atomic E-state index is 0.222. The zero-order valence-corrected chi connectivity index (χ0v) is 17.3. The lowest BCUT2D eigenvalue weighted by molar-refractivity contribution is -0.110. The standard InChI is InChI=1S/C26H27FO4/c27-26-25(30-18-22-14-8-3-9-15-22)24(29-17-21-12-6-2-7-13-21)23(31-26)19-28-16-20-10-4-1-5-11-20/h1-15,23-26H,16-19H2/t23-,24-,25+,26-/m1/s1. The molecule has 0 N–H and O–H groups in total. The topological polar surface area (TPSA) is 36.9 Å². The van der Waals surface area contributed by atoms with Gasteiger partial charge < -0.3 is 18.9 Å². The third-order valence-electron chi connectivity index (χ3n) is 5.22. The smallest absolute Gasteiger partial charge is 0.228 e. The van der Waals surface area contributed by atoms with Gasteiger partial charge >= 0.3 is 0 Å². The van der Waals surface area contributed by atoms with Crippen molar-refractivity contribution in [3.05, 3.63) is 108 Å². The van der Waals surface area contributed by atoms with Crippen LogP contribution in [0.1, 0.15) is 16.7 Å². The van der Waals surface area contributed by atoms with E-state index in [0.717, 1.165) is 16.7 Å². The van der Waals surface area contributed by atoms with Gasteiger partial charge in [0.05, 0.1) is 26.4 Å². The van der Waals surface area contributed by atoms with E-state index in [9.17, 15) is 4.39 Å². The summed E-state index contributed by atoms with van der Waals surface area (Å²) in [4.78, 5) is 0. The Balaban J connectivity index is 1.39. The highest BCUT2D eigenvalue weighted by Gasteiger charge is 2.47. The molecule has 4 nitrogen and oxygen atoms in total. The van der Waals surface area contributed by atoms with Gasteiger partial charge in [-0.1, -0.05) is 91.0 Å². The van der Waals surface area contributed by atoms with Gasteiger partial charge in [0.15, 0.2) is 0 Å². The first-order chi connectivity index (χ1) is 15.3. The monoisotopic (exact) mass is 422 g/mol. The summed E-state index contributed by atoms with van der Waals surface area (Å²) in [6, 6.07) is 29.4. The van der Waals surface area contributed by atoms with Gasteiger partial charge in [-0.05, 0) is 16.7 Å². The quantitative estimate of drug-likeness (QED) is 0.457. The van der Waals surface area contributed by atoms with Gasteiger partial charge in [0.1, 0.15) is 18.3 Å². The minimum atomic E-state index is -1.57. The molecule has 4 rings (SSSR count). The Morgan fingerprint density at radius 2 is 1.06 bits per heavy atom. The second-order valence-corrected chi connectivity index (χ2v) is 7.55. The van der Waals surface area contributed by atoms with Gasteiger partial charge in [0, 0.05) is 0 Å². The van der Waals surface area contributed by atoms with Gasteiger partial charge in [0.2, 0.25) is 6.36 Å². The molecule has 5 heteroatoms. The highest BCUT2D eigenvalue weighted by Crippen LogP contribution is 2.29. The first-order valence-electron chi connectivity index (χ1n) is 10.5. The van der Waals surface area contributed by atoms with E-state index in [1.165, 1.54) is 0 Å². The lowest BCUT2D eigenvalue weighted by Gasteiger charge is -2.23. The molecule has 0 saturated carbocycles. The van der Waals surface area contributed by atoms with Crippen molar-refractivity contribution in [3.8, 4) is 0 Å². The van der Waals surface area contributed by atoms with Crippen molar-refractivity contribution < 1.29 is 23.3 Å². The maximum Gasteiger partial charge on any atom is 0.228 e. The van der Waals surface area contributed by atoms with E-state index in [1.807, 2.05) is 91.0 Å². The summed E-state index contributed by atoms with van der Waals surface area (Å²) in [5.74, 6) is 0. The van der Waals surface area contributed by atoms with E-state index in [0.29, 0.717) is 13.2 Å². The molecule has 3 aromatic carbocycles. The third kappa shape index (κ3) is 6.21. The van der Waals surface area contributed by atoms with E-state index in [4.69, 9.17) is 18.9 Å². The molecule has 0 aliphatic carbocycles. The zero-order valence-electron chi connectivity index (χ0n) is 17.3. The van der Waals surface area contributed by atoms with Crippen molar-refractivity contribution in [2.75, 3.05) is 6.61 Å². The number of rotatable bonds is 10. The molecule has 3 aromatic rings. The predicted octanol–water partition coefficient (Wildman–Crippen LogP) is 5.07. The summed E-state index contributed by atoms with van der Waals surface area (Å²) in [6.07, 6.45) is -3.53. The molecule has 0 aromatic heterocycles. The Kier molecular flexibility index (Phi) is 7.80. The Labute approximate surface area is 182 Å². The molecular formula is C26H27FO4. The van der Waals surface area contributed by atoms with Gasteiger partial charge in [-0.2, -0.15) is 0 Å². The third-order valence-corrected chi connectivity index (χ3v) is 5.22. The summed E-state index contributed by atoms with van der Waals surface area (Å²) in [5, 5.41) is 0. The number of benzene rings is 3. The fourth-order valence-corrected chi connectivity index (χ4v) is 3.59. The molecule has 162 valence electrons. The van der Waals surface area contributed by atoms with Crippen LogP contribution in [-0.4, -0.2) is 31.3 Å². The van der Waals surface area contributed by atoms with E-state index >= 15 is 0 Å². The van der Waals surface area contributed by atoms with Crippen LogP contribution < -0.4 is 0 Å². The second kappa shape index (κ2) is 11.2. The van der Waals surface area contributed by atoms with Crippen LogP contribution in [0.15, 0.2) is 91.0 Å². The summed E-state index contributed by atoms with van der Waals surface area (Å²) < 4.78 is 38.2. The molecule has 1 aliphatic rings. The number of halogens is 1. The molecule has 1 aliphatic heterocycles. The molecule has 0 radical (unpaired) electrons. The first kappa shape index (κ1) is 21.7. The van der Waals surface area contributed by atoms with Crippen LogP contribution in [0.2, 0.25) is 0 Å². The molecule has 1 saturated heterocycles. The molecule has 4 atom stereocenters. The lowest BCUT2D eigenvalue weighted by atomic mass is 10.1. The van der Waals surface area contributed by atoms with E-state index in [1.54, 1.807) is 0 Å². The number of alkyl halides is 1. The predicted molar refractivity (Wildman–Crippen MR) is 116 cm³/mol. The van der Waals surface area contributed by atoms with Gasteiger partial charge in [-0.15, -0.1) is 0 Å². The summed E-state index contributed by atoms with van der Waals surface area (Å²) >= 11 is 0. The average molecular weight is 422 g/mol. The van der Waals surface area contributed by atoms with Gasteiger partial charge in [-0.25, -0.2) is 4.39 Å². The van der Waals surface area contributed by atoms with E-state index < -0.39 is 24.7 Å². The molecular weight excluding hydrogens is 395 g/mol. The van der Waals surface area contributed by atoms with Crippen molar-refractivity contribution in [2.24, 2.45) is 0 Å². The Morgan fingerprint density at radius 3 is 1.58 bits per heavy atom. The lowest BCUT2D eigenvalue weighted by Crippen LogP contribution is -2.38. The van der Waals surface area contributed by atoms with Crippen LogP contribution in [0.4, 0.5) is 4.39 Å². The molecule has 1 fully saturated rings. The van der Waals surface area contributed by atoms with Crippen molar-refractivity contribution in [2.45, 2.75) is 44.5 Å². The highest BCUT2D eigenvalue weighted by atomic mass is 19.1. The first-order valence-corrected chi connectivity index (χ1v) is 10.5. The van der Waals surface area contributed by atoms with Crippen LogP contribution in [0.25, 0.3) is 0 Å². The van der Waals surface area contributed by atoms with Crippen LogP contribution in [-0.2, 0) is 38.8 Å². The Hall–Kier alpha value is -2.57. The highest BCUT2D eigenvalue weighted by molar-refractivity contribution is 5.15. The molecule has 0 unspecified atom stereocenters. The molecule has 0 amide bonds. The minimum Gasteiger partial charge on any atom is -0.374 e. The fraction of sp³-hybridized carbons (Fsp3) is 0.308. The second-order valence-electron chi connectivity index (χ2n) is 7.55. The molecule has 0 bridgehead atoms. The van der Waals surface area contributed by atoms with Crippen molar-refractivity contribution >= 4 is 0 Å². The van der Waals surface area contributed by atoms with E-state index in [2.05, 4.69) is 0 Å². The molecule has 0 spiro atoms.